The van der Waals surface area contributed by atoms with E-state index < -0.39 is 0 Å². The van der Waals surface area contributed by atoms with Crippen LogP contribution in [0.1, 0.15) is 48.8 Å². The van der Waals surface area contributed by atoms with Crippen molar-refractivity contribution in [3.63, 3.8) is 0 Å². The maximum Gasteiger partial charge on any atom is 0.193 e. The van der Waals surface area contributed by atoms with E-state index in [0.29, 0.717) is 5.92 Å². The Labute approximate surface area is 210 Å². The molecule has 2 aromatic rings. The third-order valence-electron chi connectivity index (χ3n) is 6.73. The molecule has 4 rings (SSSR count). The van der Waals surface area contributed by atoms with E-state index in [2.05, 4.69) is 55.7 Å². The van der Waals surface area contributed by atoms with E-state index in [4.69, 9.17) is 0 Å². The van der Waals surface area contributed by atoms with E-state index >= 15 is 0 Å². The van der Waals surface area contributed by atoms with Crippen LogP contribution in [0.4, 0.5) is 0 Å². The first-order valence-corrected chi connectivity index (χ1v) is 11.9. The minimum Gasteiger partial charge on any atom is -0.352 e. The van der Waals surface area contributed by atoms with Crippen molar-refractivity contribution in [3.8, 4) is 0 Å². The second kappa shape index (κ2) is 12.6. The second-order valence-electron chi connectivity index (χ2n) is 9.19. The van der Waals surface area contributed by atoms with Crippen molar-refractivity contribution >= 4 is 29.9 Å². The van der Waals surface area contributed by atoms with Gasteiger partial charge in [0, 0.05) is 46.5 Å². The van der Waals surface area contributed by atoms with E-state index in [1.807, 2.05) is 25.0 Å². The monoisotopic (exact) mass is 550 g/mol. The molecule has 0 bridgehead atoms. The summed E-state index contributed by atoms with van der Waals surface area (Å²) in [6.45, 7) is 6.49. The van der Waals surface area contributed by atoms with E-state index in [9.17, 15) is 0 Å². The normalized spacial score (nSPS) is 20.1. The molecular formula is C25H39IN6. The predicted octanol–water partition coefficient (Wildman–Crippen LogP) is 4.05. The number of hydrogen-bond donors (Lipinski definition) is 1. The lowest BCUT2D eigenvalue weighted by Gasteiger charge is -2.24. The number of aryl methyl sites for hydroxylation is 1. The fourth-order valence-electron chi connectivity index (χ4n) is 5.03. The number of benzene rings is 1. The summed E-state index contributed by atoms with van der Waals surface area (Å²) < 4.78 is 1.89. The molecule has 3 heterocycles. The van der Waals surface area contributed by atoms with Gasteiger partial charge in [0.1, 0.15) is 0 Å². The first kappa shape index (κ1) is 25.0. The number of nitrogens with one attached hydrogen (secondary N) is 1. The first-order chi connectivity index (χ1) is 15.2. The zero-order chi connectivity index (χ0) is 21.5. The number of halogens is 1. The Morgan fingerprint density at radius 3 is 2.53 bits per heavy atom. The summed E-state index contributed by atoms with van der Waals surface area (Å²) in [5, 5.41) is 7.96. The summed E-state index contributed by atoms with van der Waals surface area (Å²) in [6.07, 6.45) is 11.9. The second-order valence-corrected chi connectivity index (χ2v) is 9.19. The summed E-state index contributed by atoms with van der Waals surface area (Å²) in [4.78, 5) is 9.64. The average Bonchev–Trinajstić information content (AvgIpc) is 3.32. The van der Waals surface area contributed by atoms with Gasteiger partial charge in [0.25, 0.3) is 0 Å². The van der Waals surface area contributed by atoms with Crippen molar-refractivity contribution in [2.24, 2.45) is 18.0 Å². The smallest absolute Gasteiger partial charge is 0.193 e. The third kappa shape index (κ3) is 6.94. The topological polar surface area (TPSA) is 48.7 Å². The molecule has 2 saturated heterocycles. The molecule has 0 radical (unpaired) electrons. The Morgan fingerprint density at radius 1 is 1.09 bits per heavy atom. The molecule has 32 heavy (non-hydrogen) atoms. The maximum atomic E-state index is 4.59. The highest BCUT2D eigenvalue weighted by Gasteiger charge is 2.25. The molecule has 1 unspecified atom stereocenters. The van der Waals surface area contributed by atoms with Crippen molar-refractivity contribution in [3.05, 3.63) is 53.3 Å². The minimum absolute atomic E-state index is 0. The van der Waals surface area contributed by atoms with Gasteiger partial charge in [-0.25, -0.2) is 0 Å². The number of nitrogens with zero attached hydrogens (tertiary/aromatic N) is 5. The highest BCUT2D eigenvalue weighted by Crippen LogP contribution is 2.21. The number of hydrogen-bond acceptors (Lipinski definition) is 3. The van der Waals surface area contributed by atoms with E-state index in [-0.39, 0.29) is 24.0 Å². The zero-order valence-electron chi connectivity index (χ0n) is 19.7. The third-order valence-corrected chi connectivity index (χ3v) is 6.73. The van der Waals surface area contributed by atoms with Crippen molar-refractivity contribution < 1.29 is 0 Å². The van der Waals surface area contributed by atoms with Gasteiger partial charge in [-0.1, -0.05) is 37.1 Å². The van der Waals surface area contributed by atoms with Crippen LogP contribution in [0.3, 0.4) is 0 Å². The number of aliphatic imine (C=N–C) groups is 1. The van der Waals surface area contributed by atoms with Crippen LogP contribution in [0, 0.1) is 5.92 Å². The lowest BCUT2D eigenvalue weighted by Crippen LogP contribution is -2.40. The van der Waals surface area contributed by atoms with Gasteiger partial charge in [-0.3, -0.25) is 14.6 Å². The quantitative estimate of drug-likeness (QED) is 0.335. The molecular weight excluding hydrogens is 511 g/mol. The molecule has 0 saturated carbocycles. The summed E-state index contributed by atoms with van der Waals surface area (Å²) in [7, 11) is 3.89. The van der Waals surface area contributed by atoms with Gasteiger partial charge in [-0.05, 0) is 61.4 Å². The molecule has 0 aliphatic carbocycles. The fraction of sp³-hybridized carbons (Fsp3) is 0.600. The highest BCUT2D eigenvalue weighted by molar-refractivity contribution is 14.0. The van der Waals surface area contributed by atoms with Crippen molar-refractivity contribution in [1.29, 1.82) is 0 Å². The lowest BCUT2D eigenvalue weighted by molar-refractivity contribution is 0.276. The Bertz CT molecular complexity index is 856. The van der Waals surface area contributed by atoms with Crippen LogP contribution in [-0.4, -0.2) is 58.8 Å². The lowest BCUT2D eigenvalue weighted by atomic mass is 10.0. The van der Waals surface area contributed by atoms with Crippen molar-refractivity contribution in [1.82, 2.24) is 24.9 Å². The van der Waals surface area contributed by atoms with E-state index in [1.54, 1.807) is 0 Å². The molecule has 2 aliphatic heterocycles. The Hall–Kier alpha value is -1.61. The molecule has 1 N–H and O–H groups in total. The standard InChI is InChI=1S/C25H38N6.HI/c1-26-25(31-14-11-21(19-31)15-22-16-28-29(2)18-22)27-17-23-9-5-6-10-24(23)20-30-12-7-3-4-8-13-30;/h5-6,9-10,16,18,21H,3-4,7-8,11-15,17,19-20H2,1-2H3,(H,26,27);1H. The number of guanidine groups is 1. The summed E-state index contributed by atoms with van der Waals surface area (Å²) in [5.74, 6) is 1.69. The van der Waals surface area contributed by atoms with Crippen LogP contribution >= 0.6 is 24.0 Å². The molecule has 2 fully saturated rings. The van der Waals surface area contributed by atoms with Gasteiger partial charge in [-0.2, -0.15) is 5.10 Å². The number of likely N-dealkylation sites (tertiary alicyclic amines) is 2. The molecule has 0 spiro atoms. The summed E-state index contributed by atoms with van der Waals surface area (Å²) in [6, 6.07) is 8.90. The molecule has 2 aliphatic rings. The van der Waals surface area contributed by atoms with Crippen molar-refractivity contribution in [2.75, 3.05) is 33.2 Å². The first-order valence-electron chi connectivity index (χ1n) is 11.9. The van der Waals surface area contributed by atoms with Gasteiger partial charge in [0.2, 0.25) is 0 Å². The van der Waals surface area contributed by atoms with Gasteiger partial charge < -0.3 is 10.2 Å². The van der Waals surface area contributed by atoms with Crippen LogP contribution < -0.4 is 5.32 Å². The number of aromatic nitrogens is 2. The molecule has 1 aromatic carbocycles. The summed E-state index contributed by atoms with van der Waals surface area (Å²) in [5.41, 5.74) is 4.17. The summed E-state index contributed by atoms with van der Waals surface area (Å²) >= 11 is 0. The van der Waals surface area contributed by atoms with E-state index in [1.165, 1.54) is 61.9 Å². The Morgan fingerprint density at radius 2 is 1.84 bits per heavy atom. The van der Waals surface area contributed by atoms with Crippen LogP contribution in [0.2, 0.25) is 0 Å². The van der Waals surface area contributed by atoms with Crippen LogP contribution in [0.15, 0.2) is 41.7 Å². The van der Waals surface area contributed by atoms with E-state index in [0.717, 1.165) is 38.6 Å². The average molecular weight is 551 g/mol. The molecule has 1 aromatic heterocycles. The molecule has 6 nitrogen and oxygen atoms in total. The van der Waals surface area contributed by atoms with Crippen LogP contribution in [0.5, 0.6) is 0 Å². The largest absolute Gasteiger partial charge is 0.352 e. The SMILES string of the molecule is CN=C(NCc1ccccc1CN1CCCCCC1)N1CCC(Cc2cnn(C)c2)C1.I. The van der Waals surface area contributed by atoms with Crippen molar-refractivity contribution in [2.45, 2.75) is 51.6 Å². The van der Waals surface area contributed by atoms with Gasteiger partial charge in [0.15, 0.2) is 5.96 Å². The van der Waals surface area contributed by atoms with Crippen LogP contribution in [-0.2, 0) is 26.6 Å². The fourth-order valence-corrected chi connectivity index (χ4v) is 5.03. The Kier molecular flexibility index (Phi) is 9.84. The molecule has 176 valence electrons. The molecule has 0 amide bonds. The van der Waals surface area contributed by atoms with Gasteiger partial charge in [-0.15, -0.1) is 24.0 Å². The maximum absolute atomic E-state index is 4.59. The van der Waals surface area contributed by atoms with Crippen LogP contribution in [0.25, 0.3) is 0 Å². The molecule has 7 heteroatoms. The molecule has 1 atom stereocenters. The highest BCUT2D eigenvalue weighted by atomic mass is 127. The van der Waals surface area contributed by atoms with Gasteiger partial charge >= 0.3 is 0 Å². The Balaban J connectivity index is 0.00000289. The van der Waals surface area contributed by atoms with Gasteiger partial charge in [0.05, 0.1) is 6.20 Å². The minimum atomic E-state index is 0. The number of rotatable bonds is 6. The zero-order valence-corrected chi connectivity index (χ0v) is 22.0. The predicted molar refractivity (Wildman–Crippen MR) is 142 cm³/mol.